The first-order chi connectivity index (χ1) is 5.97. The highest BCUT2D eigenvalue weighted by molar-refractivity contribution is 6.66. The molecule has 3 heteroatoms. The van der Waals surface area contributed by atoms with E-state index in [2.05, 4.69) is 27.3 Å². The first kappa shape index (κ1) is 11.2. The van der Waals surface area contributed by atoms with E-state index in [0.717, 1.165) is 19.1 Å². The van der Waals surface area contributed by atoms with Gasteiger partial charge in [0.25, 0.3) is 0 Å². The fourth-order valence-electron chi connectivity index (χ4n) is 1.94. The highest BCUT2D eigenvalue weighted by Gasteiger charge is 2.41. The van der Waals surface area contributed by atoms with Gasteiger partial charge in [0.05, 0.1) is 5.60 Å². The van der Waals surface area contributed by atoms with E-state index >= 15 is 0 Å². The van der Waals surface area contributed by atoms with Gasteiger partial charge in [0.1, 0.15) is 0 Å². The van der Waals surface area contributed by atoms with Gasteiger partial charge in [-0.25, -0.2) is 0 Å². The van der Waals surface area contributed by atoms with Crippen molar-refractivity contribution in [2.75, 3.05) is 6.61 Å². The molecule has 0 bridgehead atoms. The molecule has 1 aliphatic rings. The summed E-state index contributed by atoms with van der Waals surface area (Å²) in [6.07, 6.45) is 3.52. The quantitative estimate of drug-likeness (QED) is 0.655. The summed E-state index contributed by atoms with van der Waals surface area (Å²) in [4.78, 5) is 0. The maximum atomic E-state index is 6.08. The van der Waals surface area contributed by atoms with Crippen LogP contribution in [0.15, 0.2) is 0 Å². The van der Waals surface area contributed by atoms with Crippen molar-refractivity contribution in [1.82, 2.24) is 0 Å². The van der Waals surface area contributed by atoms with Crippen LogP contribution in [0, 0.1) is 0 Å². The second kappa shape index (κ2) is 4.11. The summed E-state index contributed by atoms with van der Waals surface area (Å²) in [5.41, 5.74) is 0.0486. The molecule has 0 saturated carbocycles. The van der Waals surface area contributed by atoms with E-state index in [1.165, 1.54) is 12.8 Å². The summed E-state index contributed by atoms with van der Waals surface area (Å²) in [6, 6.07) is 1.16. The smallest absolute Gasteiger partial charge is 0.335 e. The zero-order chi connectivity index (χ0) is 9.95. The normalized spacial score (nSPS) is 33.2. The Morgan fingerprint density at radius 1 is 1.46 bits per heavy atom. The average Bonchev–Trinajstić information content (AvgIpc) is 1.98. The fraction of sp³-hybridized carbons (Fsp3) is 1.00. The molecule has 1 heterocycles. The van der Waals surface area contributed by atoms with Crippen molar-refractivity contribution in [2.24, 2.45) is 0 Å². The molecule has 0 aliphatic carbocycles. The van der Waals surface area contributed by atoms with Gasteiger partial charge in [-0.15, -0.1) is 0 Å². The third-order valence-corrected chi connectivity index (χ3v) is 5.57. The van der Waals surface area contributed by atoms with E-state index in [-0.39, 0.29) is 5.60 Å². The third kappa shape index (κ3) is 3.41. The fourth-order valence-corrected chi connectivity index (χ4v) is 4.97. The van der Waals surface area contributed by atoms with Crippen molar-refractivity contribution in [3.8, 4) is 0 Å². The number of rotatable bonds is 3. The Morgan fingerprint density at radius 3 is 2.69 bits per heavy atom. The van der Waals surface area contributed by atoms with E-state index in [0.29, 0.717) is 0 Å². The molecular formula is C10H22O2Si. The lowest BCUT2D eigenvalue weighted by Gasteiger charge is -2.41. The minimum absolute atomic E-state index is 0.0486. The predicted octanol–water partition coefficient (Wildman–Crippen LogP) is 3.07. The molecule has 0 amide bonds. The molecule has 0 radical (unpaired) electrons. The Bertz CT molecular complexity index is 170. The topological polar surface area (TPSA) is 18.5 Å². The highest BCUT2D eigenvalue weighted by atomic mass is 28.4. The van der Waals surface area contributed by atoms with Gasteiger partial charge in [-0.3, -0.25) is 0 Å². The second-order valence-corrected chi connectivity index (χ2v) is 7.96. The summed E-state index contributed by atoms with van der Waals surface area (Å²) in [5.74, 6) is 0. The standard InChI is InChI=1S/C10H22O2Si/c1-5-8-11-13(4)9-6-7-10(2,3)12-13/h5-9H2,1-4H3. The maximum absolute atomic E-state index is 6.08. The highest BCUT2D eigenvalue weighted by Crippen LogP contribution is 2.33. The van der Waals surface area contributed by atoms with E-state index in [1.54, 1.807) is 0 Å². The summed E-state index contributed by atoms with van der Waals surface area (Å²) in [7, 11) is -1.79. The predicted molar refractivity (Wildman–Crippen MR) is 57.1 cm³/mol. The average molecular weight is 202 g/mol. The molecule has 0 aromatic carbocycles. The monoisotopic (exact) mass is 202 g/mol. The van der Waals surface area contributed by atoms with Crippen LogP contribution < -0.4 is 0 Å². The van der Waals surface area contributed by atoms with Crippen LogP contribution in [0.1, 0.15) is 40.0 Å². The van der Waals surface area contributed by atoms with E-state index in [4.69, 9.17) is 8.85 Å². The van der Waals surface area contributed by atoms with Gasteiger partial charge in [0, 0.05) is 6.61 Å². The molecule has 78 valence electrons. The van der Waals surface area contributed by atoms with Crippen LogP contribution in [0.5, 0.6) is 0 Å². The minimum Gasteiger partial charge on any atom is -0.394 e. The van der Waals surface area contributed by atoms with Gasteiger partial charge in [-0.1, -0.05) is 6.92 Å². The summed E-state index contributed by atoms with van der Waals surface area (Å²) in [6.45, 7) is 9.55. The van der Waals surface area contributed by atoms with Crippen LogP contribution in [0.2, 0.25) is 12.6 Å². The molecule has 0 aromatic heterocycles. The Hall–Kier alpha value is 0.137. The molecule has 1 atom stereocenters. The molecule has 1 rings (SSSR count). The van der Waals surface area contributed by atoms with Crippen LogP contribution in [-0.4, -0.2) is 20.8 Å². The van der Waals surface area contributed by atoms with Crippen molar-refractivity contribution in [3.05, 3.63) is 0 Å². The molecule has 1 fully saturated rings. The van der Waals surface area contributed by atoms with Crippen LogP contribution >= 0.6 is 0 Å². The Morgan fingerprint density at radius 2 is 2.15 bits per heavy atom. The number of hydrogen-bond donors (Lipinski definition) is 0. The molecule has 0 spiro atoms. The van der Waals surface area contributed by atoms with Crippen molar-refractivity contribution < 1.29 is 8.85 Å². The van der Waals surface area contributed by atoms with Crippen molar-refractivity contribution in [2.45, 2.75) is 58.2 Å². The Labute approximate surface area is 82.9 Å². The Balaban J connectivity index is 2.47. The van der Waals surface area contributed by atoms with Crippen molar-refractivity contribution in [1.29, 1.82) is 0 Å². The van der Waals surface area contributed by atoms with E-state index < -0.39 is 8.56 Å². The van der Waals surface area contributed by atoms with Crippen molar-refractivity contribution >= 4 is 8.56 Å². The SMILES string of the molecule is CCCO[Si]1(C)CCCC(C)(C)O1. The van der Waals surface area contributed by atoms with Gasteiger partial charge in [-0.05, 0) is 45.7 Å². The van der Waals surface area contributed by atoms with Crippen LogP contribution in [-0.2, 0) is 8.85 Å². The Kier molecular flexibility index (Phi) is 3.55. The van der Waals surface area contributed by atoms with Gasteiger partial charge in [0.2, 0.25) is 0 Å². The van der Waals surface area contributed by atoms with Gasteiger partial charge < -0.3 is 8.85 Å². The first-order valence-electron chi connectivity index (χ1n) is 5.32. The van der Waals surface area contributed by atoms with E-state index in [9.17, 15) is 0 Å². The molecule has 0 aromatic rings. The molecule has 1 unspecified atom stereocenters. The van der Waals surface area contributed by atoms with Crippen molar-refractivity contribution in [3.63, 3.8) is 0 Å². The maximum Gasteiger partial charge on any atom is 0.335 e. The molecular weight excluding hydrogens is 180 g/mol. The zero-order valence-electron chi connectivity index (χ0n) is 9.35. The second-order valence-electron chi connectivity index (χ2n) is 4.70. The lowest BCUT2D eigenvalue weighted by molar-refractivity contribution is 0.0263. The summed E-state index contributed by atoms with van der Waals surface area (Å²) < 4.78 is 12.0. The first-order valence-corrected chi connectivity index (χ1v) is 7.84. The van der Waals surface area contributed by atoms with Gasteiger partial charge >= 0.3 is 8.56 Å². The molecule has 0 N–H and O–H groups in total. The third-order valence-electron chi connectivity index (χ3n) is 2.51. The molecule has 13 heavy (non-hydrogen) atoms. The van der Waals surface area contributed by atoms with Gasteiger partial charge in [-0.2, -0.15) is 0 Å². The van der Waals surface area contributed by atoms with Gasteiger partial charge in [0.15, 0.2) is 0 Å². The van der Waals surface area contributed by atoms with Crippen LogP contribution in [0.25, 0.3) is 0 Å². The zero-order valence-corrected chi connectivity index (χ0v) is 10.4. The largest absolute Gasteiger partial charge is 0.394 e. The minimum atomic E-state index is -1.79. The lowest BCUT2D eigenvalue weighted by Crippen LogP contribution is -2.49. The summed E-state index contributed by atoms with van der Waals surface area (Å²) in [5, 5.41) is 0. The van der Waals surface area contributed by atoms with Crippen LogP contribution in [0.4, 0.5) is 0 Å². The summed E-state index contributed by atoms with van der Waals surface area (Å²) >= 11 is 0. The molecule has 1 aliphatic heterocycles. The van der Waals surface area contributed by atoms with Crippen LogP contribution in [0.3, 0.4) is 0 Å². The molecule has 2 nitrogen and oxygen atoms in total. The lowest BCUT2D eigenvalue weighted by atomic mass is 10.0. The molecule has 1 saturated heterocycles. The van der Waals surface area contributed by atoms with E-state index in [1.807, 2.05) is 0 Å². The number of hydrogen-bond acceptors (Lipinski definition) is 2.